The van der Waals surface area contributed by atoms with E-state index in [0.29, 0.717) is 13.0 Å². The van der Waals surface area contributed by atoms with Crippen LogP contribution >= 0.6 is 28.3 Å². The van der Waals surface area contributed by atoms with Crippen molar-refractivity contribution in [1.82, 2.24) is 10.2 Å². The van der Waals surface area contributed by atoms with Crippen LogP contribution in [0.5, 0.6) is 0 Å². The number of aryl methyl sites for hydroxylation is 1. The molecule has 1 aromatic carbocycles. The Bertz CT molecular complexity index is 497. The van der Waals surface area contributed by atoms with Gasteiger partial charge in [-0.1, -0.05) is 15.9 Å². The van der Waals surface area contributed by atoms with Crippen molar-refractivity contribution in [3.05, 3.63) is 28.2 Å². The second-order valence-electron chi connectivity index (χ2n) is 4.61. The Hall–Kier alpha value is -1.11. The van der Waals surface area contributed by atoms with E-state index in [2.05, 4.69) is 26.6 Å². The third-order valence-corrected chi connectivity index (χ3v) is 3.35. The molecule has 0 spiro atoms. The summed E-state index contributed by atoms with van der Waals surface area (Å²) in [5, 5.41) is 5.72. The molecule has 0 aromatic heterocycles. The van der Waals surface area contributed by atoms with Gasteiger partial charge in [0.25, 0.3) is 0 Å². The van der Waals surface area contributed by atoms with Crippen molar-refractivity contribution in [2.45, 2.75) is 13.3 Å². The van der Waals surface area contributed by atoms with E-state index in [-0.39, 0.29) is 30.8 Å². The van der Waals surface area contributed by atoms with Crippen LogP contribution in [0.4, 0.5) is 5.69 Å². The van der Waals surface area contributed by atoms with Crippen molar-refractivity contribution in [2.75, 3.05) is 32.5 Å². The molecule has 0 atom stereocenters. The predicted octanol–water partition coefficient (Wildman–Crippen LogP) is 2.19. The van der Waals surface area contributed by atoms with E-state index in [1.807, 2.05) is 25.1 Å². The Balaban J connectivity index is 0.00000400. The molecule has 0 saturated heterocycles. The van der Waals surface area contributed by atoms with Gasteiger partial charge in [-0.25, -0.2) is 0 Å². The van der Waals surface area contributed by atoms with Gasteiger partial charge in [-0.3, -0.25) is 9.59 Å². The third kappa shape index (κ3) is 6.93. The first-order chi connectivity index (χ1) is 9.43. The van der Waals surface area contributed by atoms with E-state index in [1.165, 1.54) is 4.90 Å². The molecule has 1 rings (SSSR count). The number of nitrogens with zero attached hydrogens (tertiary/aromatic N) is 1. The molecule has 0 aliphatic carbocycles. The number of benzene rings is 1. The van der Waals surface area contributed by atoms with Crippen LogP contribution in [0.1, 0.15) is 12.0 Å². The number of nitrogens with one attached hydrogen (secondary N) is 2. The van der Waals surface area contributed by atoms with Gasteiger partial charge >= 0.3 is 0 Å². The molecule has 0 aliphatic heterocycles. The van der Waals surface area contributed by atoms with Crippen LogP contribution < -0.4 is 10.6 Å². The number of likely N-dealkylation sites (N-methyl/N-ethyl adjacent to an activating group) is 1. The van der Waals surface area contributed by atoms with Crippen LogP contribution in [0.3, 0.4) is 0 Å². The number of amides is 2. The summed E-state index contributed by atoms with van der Waals surface area (Å²) in [5.41, 5.74) is 1.73. The molecule has 2 N–H and O–H groups in total. The second-order valence-corrected chi connectivity index (χ2v) is 5.53. The SMILES string of the molecule is CNCCC(=O)N(C)CC(=O)Nc1ccc(Br)cc1C.Cl. The largest absolute Gasteiger partial charge is 0.336 e. The van der Waals surface area contributed by atoms with Crippen LogP contribution in [-0.2, 0) is 9.59 Å². The molecule has 0 unspecified atom stereocenters. The van der Waals surface area contributed by atoms with Gasteiger partial charge in [-0.05, 0) is 37.7 Å². The molecule has 0 bridgehead atoms. The number of anilines is 1. The Morgan fingerprint density at radius 3 is 2.57 bits per heavy atom. The minimum absolute atomic E-state index is 0. The predicted molar refractivity (Wildman–Crippen MR) is 90.9 cm³/mol. The maximum atomic E-state index is 11.9. The lowest BCUT2D eigenvalue weighted by molar-refractivity contribution is -0.133. The first-order valence-electron chi connectivity index (χ1n) is 6.38. The number of carbonyl (C=O) groups is 2. The second kappa shape index (κ2) is 9.76. The number of halogens is 2. The molecule has 2 amide bonds. The standard InChI is InChI=1S/C14H20BrN3O2.ClH/c1-10-8-11(15)4-5-12(10)17-13(19)9-18(3)14(20)6-7-16-2;/h4-5,8,16H,6-7,9H2,1-3H3,(H,17,19);1H. The minimum Gasteiger partial charge on any atom is -0.336 e. The molecule has 0 saturated carbocycles. The van der Waals surface area contributed by atoms with Crippen molar-refractivity contribution in [2.24, 2.45) is 0 Å². The molecule has 0 aliphatic rings. The van der Waals surface area contributed by atoms with Crippen molar-refractivity contribution < 1.29 is 9.59 Å². The topological polar surface area (TPSA) is 61.4 Å². The molecule has 7 heteroatoms. The Kier molecular flexibility index (Phi) is 9.24. The number of rotatable bonds is 6. The van der Waals surface area contributed by atoms with E-state index < -0.39 is 0 Å². The normalized spacial score (nSPS) is 9.71. The van der Waals surface area contributed by atoms with Crippen molar-refractivity contribution >= 4 is 45.8 Å². The summed E-state index contributed by atoms with van der Waals surface area (Å²) in [7, 11) is 3.42. The fourth-order valence-electron chi connectivity index (χ4n) is 1.68. The summed E-state index contributed by atoms with van der Waals surface area (Å²) >= 11 is 3.37. The summed E-state index contributed by atoms with van der Waals surface area (Å²) in [6, 6.07) is 5.63. The summed E-state index contributed by atoms with van der Waals surface area (Å²) in [5.74, 6) is -0.252. The lowest BCUT2D eigenvalue weighted by Gasteiger charge is -2.17. The third-order valence-electron chi connectivity index (χ3n) is 2.86. The molecule has 118 valence electrons. The monoisotopic (exact) mass is 377 g/mol. The number of hydrogen-bond donors (Lipinski definition) is 2. The zero-order valence-corrected chi connectivity index (χ0v) is 14.8. The van der Waals surface area contributed by atoms with Crippen LogP contribution in [0.25, 0.3) is 0 Å². The van der Waals surface area contributed by atoms with Crippen LogP contribution in [-0.4, -0.2) is 43.9 Å². The highest BCUT2D eigenvalue weighted by Crippen LogP contribution is 2.19. The van der Waals surface area contributed by atoms with E-state index in [4.69, 9.17) is 0 Å². The zero-order valence-electron chi connectivity index (χ0n) is 12.4. The maximum absolute atomic E-state index is 11.9. The highest BCUT2D eigenvalue weighted by Gasteiger charge is 2.13. The molecular weight excluding hydrogens is 358 g/mol. The van der Waals surface area contributed by atoms with Gasteiger partial charge in [0, 0.05) is 30.2 Å². The smallest absolute Gasteiger partial charge is 0.243 e. The molecule has 0 heterocycles. The molecule has 0 fully saturated rings. The molecule has 1 aromatic rings. The van der Waals surface area contributed by atoms with Crippen molar-refractivity contribution in [3.8, 4) is 0 Å². The Morgan fingerprint density at radius 1 is 1.33 bits per heavy atom. The molecule has 21 heavy (non-hydrogen) atoms. The fourth-order valence-corrected chi connectivity index (χ4v) is 2.16. The molecule has 0 radical (unpaired) electrons. The van der Waals surface area contributed by atoms with E-state index >= 15 is 0 Å². The lowest BCUT2D eigenvalue weighted by atomic mass is 10.2. The average molecular weight is 379 g/mol. The van der Waals surface area contributed by atoms with Crippen LogP contribution in [0.15, 0.2) is 22.7 Å². The van der Waals surface area contributed by atoms with Gasteiger partial charge in [-0.15, -0.1) is 12.4 Å². The fraction of sp³-hybridized carbons (Fsp3) is 0.429. The number of carbonyl (C=O) groups excluding carboxylic acids is 2. The maximum Gasteiger partial charge on any atom is 0.243 e. The molecule has 5 nitrogen and oxygen atoms in total. The lowest BCUT2D eigenvalue weighted by Crippen LogP contribution is -2.36. The zero-order chi connectivity index (χ0) is 15.1. The van der Waals surface area contributed by atoms with Crippen molar-refractivity contribution in [1.29, 1.82) is 0 Å². The van der Waals surface area contributed by atoms with E-state index in [0.717, 1.165) is 15.7 Å². The van der Waals surface area contributed by atoms with Crippen LogP contribution in [0, 0.1) is 6.92 Å². The number of hydrogen-bond acceptors (Lipinski definition) is 3. The first kappa shape index (κ1) is 19.9. The van der Waals surface area contributed by atoms with Crippen LogP contribution in [0.2, 0.25) is 0 Å². The first-order valence-corrected chi connectivity index (χ1v) is 7.18. The highest BCUT2D eigenvalue weighted by atomic mass is 79.9. The summed E-state index contributed by atoms with van der Waals surface area (Å²) in [4.78, 5) is 25.0. The minimum atomic E-state index is -0.198. The highest BCUT2D eigenvalue weighted by molar-refractivity contribution is 9.10. The van der Waals surface area contributed by atoms with Crippen molar-refractivity contribution in [3.63, 3.8) is 0 Å². The Labute approximate surface area is 140 Å². The summed E-state index contributed by atoms with van der Waals surface area (Å²) in [6.07, 6.45) is 0.386. The van der Waals surface area contributed by atoms with Gasteiger partial charge < -0.3 is 15.5 Å². The average Bonchev–Trinajstić information content (AvgIpc) is 2.39. The summed E-state index contributed by atoms with van der Waals surface area (Å²) in [6.45, 7) is 2.58. The van der Waals surface area contributed by atoms with Gasteiger partial charge in [0.15, 0.2) is 0 Å². The summed E-state index contributed by atoms with van der Waals surface area (Å²) < 4.78 is 0.965. The van der Waals surface area contributed by atoms with Gasteiger partial charge in [0.05, 0.1) is 6.54 Å². The Morgan fingerprint density at radius 2 is 2.00 bits per heavy atom. The van der Waals surface area contributed by atoms with Gasteiger partial charge in [-0.2, -0.15) is 0 Å². The van der Waals surface area contributed by atoms with Gasteiger partial charge in [0.2, 0.25) is 11.8 Å². The molecular formula is C14H21BrClN3O2. The van der Waals surface area contributed by atoms with Gasteiger partial charge in [0.1, 0.15) is 0 Å². The van der Waals surface area contributed by atoms with E-state index in [9.17, 15) is 9.59 Å². The quantitative estimate of drug-likeness (QED) is 0.797. The van der Waals surface area contributed by atoms with E-state index in [1.54, 1.807) is 14.1 Å².